The smallest absolute Gasteiger partial charge is 0.349 e. The van der Waals surface area contributed by atoms with E-state index in [9.17, 15) is 9.59 Å². The van der Waals surface area contributed by atoms with Crippen LogP contribution in [0.5, 0.6) is 0 Å². The normalized spacial score (nSPS) is 15.1. The third-order valence-corrected chi connectivity index (χ3v) is 6.80. The molecule has 230 valence electrons. The van der Waals surface area contributed by atoms with Crippen LogP contribution < -0.4 is 38.8 Å². The fourth-order valence-corrected chi connectivity index (χ4v) is 4.47. The van der Waals surface area contributed by atoms with E-state index < -0.39 is 0 Å². The molecule has 1 heterocycles. The first-order chi connectivity index (χ1) is 19.8. The van der Waals surface area contributed by atoms with Gasteiger partial charge in [-0.3, -0.25) is 19.3 Å². The fraction of sp³-hybridized carbons (Fsp3) is 0.679. The first kappa shape index (κ1) is 34.1. The van der Waals surface area contributed by atoms with Gasteiger partial charge < -0.3 is 38.1 Å². The summed E-state index contributed by atoms with van der Waals surface area (Å²) in [5.74, 6) is 0.154. The number of rotatable bonds is 20. The highest BCUT2D eigenvalue weighted by molar-refractivity contribution is 6.05. The van der Waals surface area contributed by atoms with Gasteiger partial charge in [-0.2, -0.15) is 4.98 Å². The summed E-state index contributed by atoms with van der Waals surface area (Å²) >= 11 is 0. The van der Waals surface area contributed by atoms with E-state index in [1.807, 2.05) is 6.08 Å². The second kappa shape index (κ2) is 19.9. The van der Waals surface area contributed by atoms with Crippen molar-refractivity contribution in [2.75, 3.05) is 65.2 Å². The molecule has 1 aromatic rings. The average Bonchev–Trinajstić information content (AvgIpc) is 2.94. The zero-order valence-corrected chi connectivity index (χ0v) is 24.9. The minimum atomic E-state index is -0.380. The molecule has 1 unspecified atom stereocenters. The molecule has 1 aliphatic rings. The van der Waals surface area contributed by atoms with Crippen LogP contribution >= 0.6 is 0 Å². The summed E-state index contributed by atoms with van der Waals surface area (Å²) in [6, 6.07) is 1.96. The van der Waals surface area contributed by atoms with Crippen molar-refractivity contribution >= 4 is 23.4 Å². The monoisotopic (exact) mass is 573 g/mol. The van der Waals surface area contributed by atoms with Crippen LogP contribution in [0.15, 0.2) is 38.7 Å². The van der Waals surface area contributed by atoms with Crippen LogP contribution in [-0.2, 0) is 11.3 Å². The standard InChI is InChI=1S/C28H51N11O2/c1-38(2)21-18-32-16-17-34-24-10-8-22(9-11-24)26(40)36-25-12-20-39(28(41)37-25)19-4-7-23(33-15-5-13-29)6-3-14-35-27(30)31/h8,12,20,23,32-33H,3-7,9-11,13-19,21,29H2,1-2H3,(H4,30,31,35)(H,36,37,40,41). The molecule has 1 atom stereocenters. The lowest BCUT2D eigenvalue weighted by molar-refractivity contribution is -0.113. The lowest BCUT2D eigenvalue weighted by Crippen LogP contribution is -2.32. The molecule has 0 fully saturated rings. The zero-order chi connectivity index (χ0) is 29.9. The van der Waals surface area contributed by atoms with Crippen molar-refractivity contribution in [3.05, 3.63) is 34.4 Å². The van der Waals surface area contributed by atoms with Crippen LogP contribution in [0.3, 0.4) is 0 Å². The topological polar surface area (TPSA) is 194 Å². The molecule has 2 rings (SSSR count). The number of aryl methyl sites for hydroxylation is 1. The Balaban J connectivity index is 1.78. The molecule has 9 N–H and O–H groups in total. The number of aromatic nitrogens is 2. The number of nitrogens with zero attached hydrogens (tertiary/aromatic N) is 5. The van der Waals surface area contributed by atoms with Crippen molar-refractivity contribution in [1.29, 1.82) is 0 Å². The van der Waals surface area contributed by atoms with Crippen molar-refractivity contribution in [2.24, 2.45) is 27.2 Å². The van der Waals surface area contributed by atoms with Crippen LogP contribution in [0.4, 0.5) is 5.82 Å². The van der Waals surface area contributed by atoms with Gasteiger partial charge in [0, 0.05) is 62.7 Å². The highest BCUT2D eigenvalue weighted by Gasteiger charge is 2.16. The predicted molar refractivity (Wildman–Crippen MR) is 167 cm³/mol. The molecule has 41 heavy (non-hydrogen) atoms. The quantitative estimate of drug-likeness (QED) is 0.0708. The van der Waals surface area contributed by atoms with E-state index in [-0.39, 0.29) is 29.4 Å². The number of aliphatic imine (C=N–C) groups is 2. The van der Waals surface area contributed by atoms with Gasteiger partial charge >= 0.3 is 5.69 Å². The second-order valence-corrected chi connectivity index (χ2v) is 10.6. The van der Waals surface area contributed by atoms with Gasteiger partial charge in [0.1, 0.15) is 5.82 Å². The highest BCUT2D eigenvalue weighted by atomic mass is 16.2. The lowest BCUT2D eigenvalue weighted by Gasteiger charge is -2.18. The van der Waals surface area contributed by atoms with Gasteiger partial charge in [0.05, 0.1) is 6.54 Å². The second-order valence-electron chi connectivity index (χ2n) is 10.6. The van der Waals surface area contributed by atoms with Crippen molar-refractivity contribution in [2.45, 2.75) is 64.0 Å². The Kier molecular flexibility index (Phi) is 16.5. The molecule has 0 bridgehead atoms. The number of anilines is 1. The summed E-state index contributed by atoms with van der Waals surface area (Å²) in [7, 11) is 4.11. The van der Waals surface area contributed by atoms with E-state index in [1.54, 1.807) is 16.8 Å². The van der Waals surface area contributed by atoms with Crippen LogP contribution in [0.1, 0.15) is 51.4 Å². The van der Waals surface area contributed by atoms with Crippen molar-refractivity contribution in [3.63, 3.8) is 0 Å². The summed E-state index contributed by atoms with van der Waals surface area (Å²) in [6.07, 6.45) is 10.1. The fourth-order valence-electron chi connectivity index (χ4n) is 4.47. The number of hydrogen-bond donors (Lipinski definition) is 6. The van der Waals surface area contributed by atoms with Crippen LogP contribution in [-0.4, -0.2) is 98.0 Å². The van der Waals surface area contributed by atoms with E-state index in [0.29, 0.717) is 38.0 Å². The molecule has 0 saturated carbocycles. The van der Waals surface area contributed by atoms with Gasteiger partial charge in [0.25, 0.3) is 5.91 Å². The number of guanidine groups is 1. The van der Waals surface area contributed by atoms with E-state index in [1.165, 1.54) is 0 Å². The molecule has 1 amide bonds. The summed E-state index contributed by atoms with van der Waals surface area (Å²) in [6.45, 7) is 6.15. The molecule has 0 saturated heterocycles. The molecule has 0 aliphatic heterocycles. The Bertz CT molecular complexity index is 1060. The van der Waals surface area contributed by atoms with Crippen molar-refractivity contribution in [3.8, 4) is 0 Å². The Morgan fingerprint density at radius 3 is 2.61 bits per heavy atom. The minimum Gasteiger partial charge on any atom is -0.370 e. The molecule has 0 aromatic carbocycles. The Morgan fingerprint density at radius 2 is 1.93 bits per heavy atom. The number of hydrogen-bond acceptors (Lipinski definition) is 9. The van der Waals surface area contributed by atoms with E-state index >= 15 is 0 Å². The Hall–Kier alpha value is -3.13. The zero-order valence-electron chi connectivity index (χ0n) is 24.9. The Labute approximate surface area is 244 Å². The third-order valence-electron chi connectivity index (χ3n) is 6.80. The van der Waals surface area contributed by atoms with Crippen LogP contribution in [0.25, 0.3) is 0 Å². The highest BCUT2D eigenvalue weighted by Crippen LogP contribution is 2.17. The predicted octanol–water partition coefficient (Wildman–Crippen LogP) is 0.0251. The summed E-state index contributed by atoms with van der Waals surface area (Å²) in [5.41, 5.74) is 17.9. The first-order valence-corrected chi connectivity index (χ1v) is 14.7. The van der Waals surface area contributed by atoms with Crippen LogP contribution in [0.2, 0.25) is 0 Å². The van der Waals surface area contributed by atoms with Crippen LogP contribution in [0, 0.1) is 0 Å². The van der Waals surface area contributed by atoms with Crippen molar-refractivity contribution < 1.29 is 4.79 Å². The summed E-state index contributed by atoms with van der Waals surface area (Å²) in [5, 5.41) is 9.69. The van der Waals surface area contributed by atoms with Gasteiger partial charge in [0.2, 0.25) is 0 Å². The third kappa shape index (κ3) is 14.9. The maximum atomic E-state index is 12.7. The number of likely N-dealkylation sites (N-methyl/N-ethyl adjacent to an activating group) is 1. The van der Waals surface area contributed by atoms with Gasteiger partial charge in [0.15, 0.2) is 5.96 Å². The SMILES string of the molecule is CN(C)CCNCCN=C1CC=C(C(=O)Nc2ccn(CCCC(CCCN=C(N)N)NCCCN)c(=O)n2)CC1. The maximum Gasteiger partial charge on any atom is 0.349 e. The number of carbonyl (C=O) groups excluding carboxylic acids is 1. The largest absolute Gasteiger partial charge is 0.370 e. The maximum absolute atomic E-state index is 12.7. The number of allylic oxidation sites excluding steroid dienone is 1. The number of amides is 1. The average molecular weight is 574 g/mol. The minimum absolute atomic E-state index is 0.105. The van der Waals surface area contributed by atoms with E-state index in [4.69, 9.17) is 17.2 Å². The van der Waals surface area contributed by atoms with Gasteiger partial charge in [-0.1, -0.05) is 6.08 Å². The number of nitrogens with two attached hydrogens (primary N) is 3. The molecule has 0 spiro atoms. The molecular weight excluding hydrogens is 522 g/mol. The molecule has 13 nitrogen and oxygen atoms in total. The number of nitrogens with one attached hydrogen (secondary N) is 3. The summed E-state index contributed by atoms with van der Waals surface area (Å²) < 4.78 is 1.57. The molecular formula is C28H51N11O2. The molecule has 0 radical (unpaired) electrons. The van der Waals surface area contributed by atoms with Gasteiger partial charge in [-0.25, -0.2) is 4.79 Å². The van der Waals surface area contributed by atoms with Gasteiger partial charge in [-0.15, -0.1) is 0 Å². The van der Waals surface area contributed by atoms with E-state index in [2.05, 4.69) is 49.9 Å². The molecule has 13 heteroatoms. The lowest BCUT2D eigenvalue weighted by atomic mass is 9.97. The summed E-state index contributed by atoms with van der Waals surface area (Å²) in [4.78, 5) is 40.3. The number of carbonyl (C=O) groups is 1. The Morgan fingerprint density at radius 1 is 1.12 bits per heavy atom. The first-order valence-electron chi connectivity index (χ1n) is 14.7. The van der Waals surface area contributed by atoms with Gasteiger partial charge in [-0.05, 0) is 78.2 Å². The molecule has 1 aliphatic carbocycles. The van der Waals surface area contributed by atoms with E-state index in [0.717, 1.165) is 77.0 Å². The van der Waals surface area contributed by atoms with Crippen molar-refractivity contribution in [1.82, 2.24) is 25.1 Å². The molecule has 1 aromatic heterocycles.